The summed E-state index contributed by atoms with van der Waals surface area (Å²) in [4.78, 5) is 13.0. The maximum Gasteiger partial charge on any atom is 0.291 e. The minimum Gasteiger partial charge on any atom is -0.276 e. The lowest BCUT2D eigenvalue weighted by molar-refractivity contribution is 0.0950. The van der Waals surface area contributed by atoms with Crippen molar-refractivity contribution in [2.45, 2.75) is 0 Å². The highest BCUT2D eigenvalue weighted by Crippen LogP contribution is 2.22. The van der Waals surface area contributed by atoms with Gasteiger partial charge in [-0.2, -0.15) is 10.2 Å². The van der Waals surface area contributed by atoms with Crippen molar-refractivity contribution in [3.05, 3.63) is 65.2 Å². The van der Waals surface area contributed by atoms with Crippen molar-refractivity contribution in [1.82, 2.24) is 15.6 Å². The summed E-state index contributed by atoms with van der Waals surface area (Å²) in [6, 6.07) is 15.2. The lowest BCUT2D eigenvalue weighted by Crippen LogP contribution is -2.17. The first-order valence-electron chi connectivity index (χ1n) is 6.31. The Kier molecular flexibility index (Phi) is 3.88. The van der Waals surface area contributed by atoms with E-state index in [9.17, 15) is 4.79 Å². The Balaban J connectivity index is 1.65. The van der Waals surface area contributed by atoms with Gasteiger partial charge in [0.1, 0.15) is 0 Å². The summed E-state index contributed by atoms with van der Waals surface area (Å²) in [6.07, 6.45) is 1.59. The van der Waals surface area contributed by atoms with Crippen LogP contribution < -0.4 is 5.43 Å². The van der Waals surface area contributed by atoms with Gasteiger partial charge in [-0.15, -0.1) is 11.3 Å². The summed E-state index contributed by atoms with van der Waals surface area (Å²) in [6.45, 7) is 0. The Morgan fingerprint density at radius 1 is 1.24 bits per heavy atom. The number of carbonyl (C=O) groups is 1. The van der Waals surface area contributed by atoms with Crippen molar-refractivity contribution < 1.29 is 4.79 Å². The predicted molar refractivity (Wildman–Crippen MR) is 83.4 cm³/mol. The maximum atomic E-state index is 11.9. The number of rotatable bonds is 4. The lowest BCUT2D eigenvalue weighted by atomic mass is 10.2. The largest absolute Gasteiger partial charge is 0.291 e. The van der Waals surface area contributed by atoms with Crippen LogP contribution >= 0.6 is 11.3 Å². The molecule has 0 saturated carbocycles. The van der Waals surface area contributed by atoms with Gasteiger partial charge in [0, 0.05) is 0 Å². The van der Waals surface area contributed by atoms with E-state index in [4.69, 9.17) is 0 Å². The Morgan fingerprint density at radius 2 is 2.10 bits per heavy atom. The molecule has 21 heavy (non-hydrogen) atoms. The van der Waals surface area contributed by atoms with Crippen LogP contribution in [0.4, 0.5) is 0 Å². The van der Waals surface area contributed by atoms with E-state index in [0.717, 1.165) is 16.1 Å². The molecule has 5 nitrogen and oxygen atoms in total. The number of hydrazone groups is 1. The number of hydrogen-bond donors (Lipinski definition) is 2. The normalized spacial score (nSPS) is 10.9. The van der Waals surface area contributed by atoms with E-state index >= 15 is 0 Å². The third-order valence-electron chi connectivity index (χ3n) is 2.78. The van der Waals surface area contributed by atoms with Crippen molar-refractivity contribution in [2.75, 3.05) is 0 Å². The average molecular weight is 296 g/mol. The number of nitrogens with one attached hydrogen (secondary N) is 2. The zero-order valence-corrected chi connectivity index (χ0v) is 11.8. The average Bonchev–Trinajstić information content (AvgIpc) is 3.19. The van der Waals surface area contributed by atoms with E-state index in [-0.39, 0.29) is 5.91 Å². The molecule has 3 rings (SSSR count). The molecule has 0 aliphatic rings. The monoisotopic (exact) mass is 296 g/mol. The summed E-state index contributed by atoms with van der Waals surface area (Å²) in [7, 11) is 0. The fourth-order valence-corrected chi connectivity index (χ4v) is 2.45. The van der Waals surface area contributed by atoms with Crippen molar-refractivity contribution in [2.24, 2.45) is 5.10 Å². The van der Waals surface area contributed by atoms with Crippen LogP contribution in [0.5, 0.6) is 0 Å². The molecule has 2 N–H and O–H groups in total. The number of thiophene rings is 1. The van der Waals surface area contributed by atoms with Gasteiger partial charge >= 0.3 is 0 Å². The molecule has 0 unspecified atom stereocenters. The van der Waals surface area contributed by atoms with Crippen molar-refractivity contribution in [3.8, 4) is 10.6 Å². The van der Waals surface area contributed by atoms with Crippen LogP contribution in [0.3, 0.4) is 0 Å². The minimum atomic E-state index is -0.346. The fraction of sp³-hybridized carbons (Fsp3) is 0. The second-order valence-electron chi connectivity index (χ2n) is 4.25. The molecular weight excluding hydrogens is 284 g/mol. The molecule has 0 saturated heterocycles. The van der Waals surface area contributed by atoms with Crippen molar-refractivity contribution in [1.29, 1.82) is 0 Å². The van der Waals surface area contributed by atoms with Crippen LogP contribution in [0.2, 0.25) is 0 Å². The highest BCUT2D eigenvalue weighted by atomic mass is 32.1. The van der Waals surface area contributed by atoms with Gasteiger partial charge in [-0.25, -0.2) is 5.43 Å². The minimum absolute atomic E-state index is 0.309. The first-order chi connectivity index (χ1) is 10.3. The molecule has 6 heteroatoms. The van der Waals surface area contributed by atoms with Crippen molar-refractivity contribution >= 4 is 23.5 Å². The number of aromatic nitrogens is 2. The Labute approximate surface area is 125 Å². The standard InChI is InChI=1S/C15H12N4OS/c20-15(19-16-10-11-5-2-1-3-6-11)13-9-12(17-18-13)14-7-4-8-21-14/h1-10H,(H,17,18)(H,19,20). The third kappa shape index (κ3) is 3.24. The van der Waals surface area contributed by atoms with E-state index in [1.807, 2.05) is 47.8 Å². The molecule has 2 aromatic heterocycles. The van der Waals surface area contributed by atoms with Crippen LogP contribution in [0, 0.1) is 0 Å². The Bertz CT molecular complexity index is 747. The second-order valence-corrected chi connectivity index (χ2v) is 5.20. The van der Waals surface area contributed by atoms with Crippen LogP contribution in [-0.4, -0.2) is 22.3 Å². The van der Waals surface area contributed by atoms with E-state index in [0.29, 0.717) is 5.69 Å². The molecule has 1 amide bonds. The van der Waals surface area contributed by atoms with Crippen LogP contribution in [0.25, 0.3) is 10.6 Å². The highest BCUT2D eigenvalue weighted by molar-refractivity contribution is 7.13. The number of H-pyrrole nitrogens is 1. The zero-order valence-electron chi connectivity index (χ0n) is 11.0. The van der Waals surface area contributed by atoms with Crippen LogP contribution in [-0.2, 0) is 0 Å². The molecule has 104 valence electrons. The molecule has 0 fully saturated rings. The Hall–Kier alpha value is -2.73. The summed E-state index contributed by atoms with van der Waals surface area (Å²) in [5.74, 6) is -0.346. The number of benzene rings is 1. The topological polar surface area (TPSA) is 70.1 Å². The van der Waals surface area contributed by atoms with Gasteiger partial charge in [-0.1, -0.05) is 36.4 Å². The van der Waals surface area contributed by atoms with Gasteiger partial charge in [-0.05, 0) is 23.1 Å². The third-order valence-corrected chi connectivity index (χ3v) is 3.68. The molecular formula is C15H12N4OS. The molecule has 0 aliphatic carbocycles. The summed E-state index contributed by atoms with van der Waals surface area (Å²) in [5.41, 5.74) is 4.50. The second kappa shape index (κ2) is 6.15. The number of aromatic amines is 1. The molecule has 0 bridgehead atoms. The van der Waals surface area contributed by atoms with Gasteiger partial charge in [-0.3, -0.25) is 9.89 Å². The van der Waals surface area contributed by atoms with Gasteiger partial charge in [0.15, 0.2) is 5.69 Å². The molecule has 0 spiro atoms. The number of carbonyl (C=O) groups excluding carboxylic acids is 1. The van der Waals surface area contributed by atoms with Crippen LogP contribution in [0.15, 0.2) is 59.0 Å². The quantitative estimate of drug-likeness (QED) is 0.574. The molecule has 2 heterocycles. The van der Waals surface area contributed by atoms with Gasteiger partial charge in [0.2, 0.25) is 0 Å². The molecule has 0 atom stereocenters. The van der Waals surface area contributed by atoms with Gasteiger partial charge in [0.05, 0.1) is 16.8 Å². The van der Waals surface area contributed by atoms with E-state index < -0.39 is 0 Å². The zero-order chi connectivity index (χ0) is 14.5. The van der Waals surface area contributed by atoms with E-state index in [2.05, 4.69) is 20.7 Å². The fourth-order valence-electron chi connectivity index (χ4n) is 1.76. The molecule has 0 aliphatic heterocycles. The number of nitrogens with zero attached hydrogens (tertiary/aromatic N) is 2. The first kappa shape index (κ1) is 13.3. The summed E-state index contributed by atoms with van der Waals surface area (Å²) >= 11 is 1.58. The molecule has 1 aromatic carbocycles. The SMILES string of the molecule is O=C(NN=Cc1ccccc1)c1cc(-c2cccs2)[nH]n1. The molecule has 3 aromatic rings. The van der Waals surface area contributed by atoms with Crippen LogP contribution in [0.1, 0.15) is 16.1 Å². The Morgan fingerprint density at radius 3 is 2.86 bits per heavy atom. The van der Waals surface area contributed by atoms with Crippen molar-refractivity contribution in [3.63, 3.8) is 0 Å². The lowest BCUT2D eigenvalue weighted by Gasteiger charge is -1.94. The smallest absolute Gasteiger partial charge is 0.276 e. The number of amides is 1. The van der Waals surface area contributed by atoms with Gasteiger partial charge < -0.3 is 0 Å². The summed E-state index contributed by atoms with van der Waals surface area (Å²) < 4.78 is 0. The highest BCUT2D eigenvalue weighted by Gasteiger charge is 2.10. The van der Waals surface area contributed by atoms with Gasteiger partial charge in [0.25, 0.3) is 5.91 Å². The maximum absolute atomic E-state index is 11.9. The summed E-state index contributed by atoms with van der Waals surface area (Å²) in [5, 5.41) is 12.7. The predicted octanol–water partition coefficient (Wildman–Crippen LogP) is 2.90. The van der Waals surface area contributed by atoms with E-state index in [1.54, 1.807) is 23.6 Å². The number of hydrogen-bond acceptors (Lipinski definition) is 4. The molecule has 0 radical (unpaired) electrons. The first-order valence-corrected chi connectivity index (χ1v) is 7.18. The van der Waals surface area contributed by atoms with E-state index in [1.165, 1.54) is 0 Å².